The minimum atomic E-state index is -0.336. The third kappa shape index (κ3) is 1.60. The maximum atomic E-state index is 13.7. The molecule has 0 aliphatic carbocycles. The molecule has 83 valence electrons. The summed E-state index contributed by atoms with van der Waals surface area (Å²) in [4.78, 5) is 0. The Hall–Kier alpha value is -2.16. The van der Waals surface area contributed by atoms with Crippen LogP contribution < -0.4 is 0 Å². The predicted octanol–water partition coefficient (Wildman–Crippen LogP) is 3.71. The number of hydrogen-bond acceptors (Lipinski definition) is 0. The van der Waals surface area contributed by atoms with Crippen LogP contribution in [0, 0.1) is 17.7 Å². The van der Waals surface area contributed by atoms with Gasteiger partial charge < -0.3 is 4.57 Å². The molecule has 17 heavy (non-hydrogen) atoms. The Bertz CT molecular complexity index is 668. The standard InChI is InChI=1S/C14H8F2N/c15-11-4-6-12(7-5-11)17-9-8-10-2-1-3-13(16)14(10)17/h2-9H. The molecule has 1 nitrogen and oxygen atoms in total. The van der Waals surface area contributed by atoms with Crippen molar-refractivity contribution in [2.45, 2.75) is 0 Å². The summed E-state index contributed by atoms with van der Waals surface area (Å²) < 4.78 is 28.2. The average molecular weight is 228 g/mol. The lowest BCUT2D eigenvalue weighted by Gasteiger charge is -2.05. The monoisotopic (exact) mass is 228 g/mol. The summed E-state index contributed by atoms with van der Waals surface area (Å²) in [5.41, 5.74) is 1.21. The molecular formula is C14H8F2N. The van der Waals surface area contributed by atoms with Gasteiger partial charge in [-0.15, -0.1) is 0 Å². The molecule has 0 unspecified atom stereocenters. The van der Waals surface area contributed by atoms with Crippen LogP contribution >= 0.6 is 0 Å². The van der Waals surface area contributed by atoms with Gasteiger partial charge in [0.25, 0.3) is 0 Å². The van der Waals surface area contributed by atoms with E-state index in [1.165, 1.54) is 18.2 Å². The molecule has 0 atom stereocenters. The van der Waals surface area contributed by atoms with Crippen molar-refractivity contribution in [1.29, 1.82) is 0 Å². The van der Waals surface area contributed by atoms with Gasteiger partial charge in [0.1, 0.15) is 11.6 Å². The van der Waals surface area contributed by atoms with E-state index in [-0.39, 0.29) is 11.6 Å². The third-order valence-corrected chi connectivity index (χ3v) is 2.70. The molecule has 0 bridgehead atoms. The highest BCUT2D eigenvalue weighted by molar-refractivity contribution is 5.82. The van der Waals surface area contributed by atoms with Crippen LogP contribution in [0.25, 0.3) is 16.6 Å². The van der Waals surface area contributed by atoms with E-state index in [1.54, 1.807) is 35.0 Å². The van der Waals surface area contributed by atoms with Crippen LogP contribution in [0.2, 0.25) is 0 Å². The van der Waals surface area contributed by atoms with Crippen molar-refractivity contribution >= 4 is 10.9 Å². The van der Waals surface area contributed by atoms with Gasteiger partial charge in [-0.2, -0.15) is 0 Å². The van der Waals surface area contributed by atoms with Gasteiger partial charge in [0.05, 0.1) is 5.52 Å². The quantitative estimate of drug-likeness (QED) is 0.598. The highest BCUT2D eigenvalue weighted by Crippen LogP contribution is 2.22. The summed E-state index contributed by atoms with van der Waals surface area (Å²) >= 11 is 0. The van der Waals surface area contributed by atoms with E-state index in [0.29, 0.717) is 5.52 Å². The van der Waals surface area contributed by atoms with Crippen molar-refractivity contribution in [1.82, 2.24) is 4.57 Å². The van der Waals surface area contributed by atoms with Crippen LogP contribution in [0.5, 0.6) is 0 Å². The van der Waals surface area contributed by atoms with Gasteiger partial charge in [-0.25, -0.2) is 8.78 Å². The number of nitrogens with zero attached hydrogens (tertiary/aromatic N) is 1. The minimum absolute atomic E-state index is 0.306. The molecule has 2 aromatic carbocycles. The van der Waals surface area contributed by atoms with Crippen LogP contribution in [0.1, 0.15) is 0 Å². The van der Waals surface area contributed by atoms with Gasteiger partial charge in [-0.05, 0) is 48.5 Å². The first-order chi connectivity index (χ1) is 8.25. The molecule has 1 heterocycles. The van der Waals surface area contributed by atoms with E-state index >= 15 is 0 Å². The van der Waals surface area contributed by atoms with E-state index < -0.39 is 0 Å². The van der Waals surface area contributed by atoms with Crippen LogP contribution in [0.3, 0.4) is 0 Å². The first kappa shape index (κ1) is 10.0. The Balaban J connectivity index is 2.27. The highest BCUT2D eigenvalue weighted by atomic mass is 19.1. The molecule has 0 saturated heterocycles. The van der Waals surface area contributed by atoms with Gasteiger partial charge in [-0.3, -0.25) is 0 Å². The van der Waals surface area contributed by atoms with Crippen LogP contribution in [-0.2, 0) is 0 Å². The zero-order valence-corrected chi connectivity index (χ0v) is 8.82. The SMILES string of the molecule is Fc1ccc(-n2ccc3c[c]cc(F)c32)cc1. The van der Waals surface area contributed by atoms with E-state index in [1.807, 2.05) is 0 Å². The van der Waals surface area contributed by atoms with E-state index in [4.69, 9.17) is 0 Å². The smallest absolute Gasteiger partial charge is 0.148 e. The molecule has 0 aliphatic rings. The Labute approximate surface area is 96.9 Å². The van der Waals surface area contributed by atoms with Crippen molar-refractivity contribution in [3.8, 4) is 5.69 Å². The minimum Gasteiger partial charge on any atom is -0.314 e. The molecule has 0 fully saturated rings. The second kappa shape index (κ2) is 3.70. The summed E-state index contributed by atoms with van der Waals surface area (Å²) in [6.45, 7) is 0. The van der Waals surface area contributed by atoms with Crippen molar-refractivity contribution < 1.29 is 8.78 Å². The van der Waals surface area contributed by atoms with Gasteiger partial charge in [0.2, 0.25) is 0 Å². The van der Waals surface area contributed by atoms with Crippen LogP contribution in [-0.4, -0.2) is 4.57 Å². The normalized spacial score (nSPS) is 10.9. The van der Waals surface area contributed by atoms with Gasteiger partial charge >= 0.3 is 0 Å². The topological polar surface area (TPSA) is 4.93 Å². The maximum absolute atomic E-state index is 13.7. The van der Waals surface area contributed by atoms with Gasteiger partial charge in [0.15, 0.2) is 0 Å². The number of hydrogen-bond donors (Lipinski definition) is 0. The van der Waals surface area contributed by atoms with Gasteiger partial charge in [-0.1, -0.05) is 0 Å². The fourth-order valence-corrected chi connectivity index (χ4v) is 1.91. The number of halogens is 2. The fourth-order valence-electron chi connectivity index (χ4n) is 1.91. The Morgan fingerprint density at radius 3 is 2.47 bits per heavy atom. The number of rotatable bonds is 1. The second-order valence-corrected chi connectivity index (χ2v) is 3.77. The summed E-state index contributed by atoms with van der Waals surface area (Å²) in [5.74, 6) is -0.643. The fraction of sp³-hybridized carbons (Fsp3) is 0. The number of aromatic nitrogens is 1. The van der Waals surface area contributed by atoms with Gasteiger partial charge in [0, 0.05) is 17.3 Å². The first-order valence-corrected chi connectivity index (χ1v) is 5.18. The third-order valence-electron chi connectivity index (χ3n) is 2.70. The lowest BCUT2D eigenvalue weighted by molar-refractivity contribution is 0.627. The molecule has 0 N–H and O–H groups in total. The molecule has 1 aromatic heterocycles. The summed E-state index contributed by atoms with van der Waals surface area (Å²) in [5, 5.41) is 0.773. The molecule has 0 spiro atoms. The molecule has 0 amide bonds. The maximum Gasteiger partial charge on any atom is 0.148 e. The second-order valence-electron chi connectivity index (χ2n) is 3.77. The molecule has 1 radical (unpaired) electrons. The molecule has 3 heteroatoms. The van der Waals surface area contributed by atoms with Crippen LogP contribution in [0.15, 0.2) is 48.7 Å². The Kier molecular flexibility index (Phi) is 2.18. The van der Waals surface area contributed by atoms with E-state index in [2.05, 4.69) is 6.07 Å². The highest BCUT2D eigenvalue weighted by Gasteiger charge is 2.07. The zero-order valence-electron chi connectivity index (χ0n) is 8.82. The predicted molar refractivity (Wildman–Crippen MR) is 62.0 cm³/mol. The van der Waals surface area contributed by atoms with Crippen LogP contribution in [0.4, 0.5) is 8.78 Å². The van der Waals surface area contributed by atoms with Crippen molar-refractivity contribution in [3.63, 3.8) is 0 Å². The lowest BCUT2D eigenvalue weighted by atomic mass is 10.2. The Morgan fingerprint density at radius 2 is 1.71 bits per heavy atom. The average Bonchev–Trinajstić information content (AvgIpc) is 2.75. The molecule has 3 rings (SSSR count). The molecule has 3 aromatic rings. The number of fused-ring (bicyclic) bond motifs is 1. The van der Waals surface area contributed by atoms with E-state index in [9.17, 15) is 8.78 Å². The Morgan fingerprint density at radius 1 is 0.941 bits per heavy atom. The molecular weight excluding hydrogens is 220 g/mol. The first-order valence-electron chi connectivity index (χ1n) is 5.18. The van der Waals surface area contributed by atoms with E-state index in [0.717, 1.165) is 11.1 Å². The number of benzene rings is 2. The summed E-state index contributed by atoms with van der Waals surface area (Å²) in [6.07, 6.45) is 1.76. The van der Waals surface area contributed by atoms with Crippen molar-refractivity contribution in [3.05, 3.63) is 66.4 Å². The largest absolute Gasteiger partial charge is 0.314 e. The van der Waals surface area contributed by atoms with Crippen molar-refractivity contribution in [2.75, 3.05) is 0 Å². The summed E-state index contributed by atoms with van der Waals surface area (Å²) in [6, 6.07) is 13.5. The molecule has 0 saturated carbocycles. The summed E-state index contributed by atoms with van der Waals surface area (Å²) in [7, 11) is 0. The van der Waals surface area contributed by atoms with Crippen molar-refractivity contribution in [2.24, 2.45) is 0 Å². The molecule has 0 aliphatic heterocycles. The zero-order chi connectivity index (χ0) is 11.8. The lowest BCUT2D eigenvalue weighted by Crippen LogP contribution is -1.93.